The van der Waals surface area contributed by atoms with E-state index in [1.54, 1.807) is 0 Å². The normalized spacial score (nSPS) is 11.8. The van der Waals surface area contributed by atoms with Crippen LogP contribution in [-0.4, -0.2) is 19.3 Å². The van der Waals surface area contributed by atoms with Gasteiger partial charge >= 0.3 is 0 Å². The lowest BCUT2D eigenvalue weighted by Crippen LogP contribution is -2.22. The largest absolute Gasteiger partial charge is 0.494 e. The molecule has 0 bridgehead atoms. The summed E-state index contributed by atoms with van der Waals surface area (Å²) in [7, 11) is 0. The average molecular weight is 341 g/mol. The van der Waals surface area contributed by atoms with E-state index in [0.717, 1.165) is 36.8 Å². The molecule has 0 radical (unpaired) electrons. The molecule has 0 spiro atoms. The standard InChI is InChI=1S/C22H31NO2/c1-4-5-6-7-15-24-22-10-8-9-20(16-22)23-17-19(3)25-21-13-11-18(2)12-14-21/h8-14,16,19,23H,4-7,15,17H2,1-3H3. The highest BCUT2D eigenvalue weighted by Gasteiger charge is 2.04. The molecule has 0 amide bonds. The fourth-order valence-electron chi connectivity index (χ4n) is 2.57. The molecule has 0 fully saturated rings. The van der Waals surface area contributed by atoms with Crippen molar-refractivity contribution in [1.82, 2.24) is 0 Å². The predicted octanol–water partition coefficient (Wildman–Crippen LogP) is 5.83. The first-order valence-electron chi connectivity index (χ1n) is 9.37. The Morgan fingerprint density at radius 1 is 0.960 bits per heavy atom. The molecular weight excluding hydrogens is 310 g/mol. The maximum Gasteiger partial charge on any atom is 0.121 e. The van der Waals surface area contributed by atoms with Crippen molar-refractivity contribution in [3.05, 3.63) is 54.1 Å². The van der Waals surface area contributed by atoms with Gasteiger partial charge in [-0.2, -0.15) is 0 Å². The predicted molar refractivity (Wildman–Crippen MR) is 106 cm³/mol. The van der Waals surface area contributed by atoms with Gasteiger partial charge in [-0.05, 0) is 44.5 Å². The average Bonchev–Trinajstić information content (AvgIpc) is 2.62. The molecule has 2 rings (SSSR count). The maximum atomic E-state index is 5.93. The van der Waals surface area contributed by atoms with Gasteiger partial charge in [0.1, 0.15) is 17.6 Å². The van der Waals surface area contributed by atoms with Crippen molar-refractivity contribution in [1.29, 1.82) is 0 Å². The molecule has 0 aliphatic carbocycles. The number of aryl methyl sites for hydroxylation is 1. The summed E-state index contributed by atoms with van der Waals surface area (Å²) >= 11 is 0. The van der Waals surface area contributed by atoms with E-state index < -0.39 is 0 Å². The van der Waals surface area contributed by atoms with Gasteiger partial charge in [-0.1, -0.05) is 49.9 Å². The van der Waals surface area contributed by atoms with E-state index in [9.17, 15) is 0 Å². The number of hydrogen-bond acceptors (Lipinski definition) is 3. The number of unbranched alkanes of at least 4 members (excludes halogenated alkanes) is 3. The molecule has 0 aromatic heterocycles. The SMILES string of the molecule is CCCCCCOc1cccc(NCC(C)Oc2ccc(C)cc2)c1. The molecule has 25 heavy (non-hydrogen) atoms. The van der Waals surface area contributed by atoms with Crippen LogP contribution in [0.2, 0.25) is 0 Å². The van der Waals surface area contributed by atoms with Crippen LogP contribution in [0, 0.1) is 6.92 Å². The van der Waals surface area contributed by atoms with Crippen molar-refractivity contribution in [3.63, 3.8) is 0 Å². The molecule has 3 heteroatoms. The number of benzene rings is 2. The van der Waals surface area contributed by atoms with E-state index >= 15 is 0 Å². The zero-order chi connectivity index (χ0) is 17.9. The van der Waals surface area contributed by atoms with Crippen LogP contribution in [0.5, 0.6) is 11.5 Å². The molecule has 0 saturated carbocycles. The van der Waals surface area contributed by atoms with E-state index in [0.29, 0.717) is 0 Å². The summed E-state index contributed by atoms with van der Waals surface area (Å²) < 4.78 is 11.8. The Bertz CT molecular complexity index is 610. The molecule has 1 N–H and O–H groups in total. The Kier molecular flexibility index (Phi) is 8.17. The monoisotopic (exact) mass is 341 g/mol. The van der Waals surface area contributed by atoms with Crippen LogP contribution < -0.4 is 14.8 Å². The van der Waals surface area contributed by atoms with Gasteiger partial charge in [0, 0.05) is 11.8 Å². The summed E-state index contributed by atoms with van der Waals surface area (Å²) in [5.74, 6) is 1.83. The molecule has 0 heterocycles. The minimum atomic E-state index is 0.0846. The van der Waals surface area contributed by atoms with Gasteiger partial charge in [-0.3, -0.25) is 0 Å². The van der Waals surface area contributed by atoms with Gasteiger partial charge in [-0.15, -0.1) is 0 Å². The molecule has 0 saturated heterocycles. The summed E-state index contributed by atoms with van der Waals surface area (Å²) in [5, 5.41) is 3.42. The lowest BCUT2D eigenvalue weighted by molar-refractivity contribution is 0.234. The van der Waals surface area contributed by atoms with Crippen LogP contribution in [0.4, 0.5) is 5.69 Å². The lowest BCUT2D eigenvalue weighted by Gasteiger charge is -2.17. The number of rotatable bonds is 11. The second kappa shape index (κ2) is 10.7. The quantitative estimate of drug-likeness (QED) is 0.521. The highest BCUT2D eigenvalue weighted by atomic mass is 16.5. The Hall–Kier alpha value is -2.16. The summed E-state index contributed by atoms with van der Waals surface area (Å²) in [5.41, 5.74) is 2.30. The Labute approximate surface area is 152 Å². The van der Waals surface area contributed by atoms with Crippen molar-refractivity contribution in [3.8, 4) is 11.5 Å². The molecule has 1 atom stereocenters. The molecule has 0 aliphatic rings. The van der Waals surface area contributed by atoms with Gasteiger partial charge in [0.15, 0.2) is 0 Å². The molecule has 2 aromatic carbocycles. The van der Waals surface area contributed by atoms with Gasteiger partial charge in [0.25, 0.3) is 0 Å². The van der Waals surface area contributed by atoms with Gasteiger partial charge in [0.2, 0.25) is 0 Å². The van der Waals surface area contributed by atoms with Gasteiger partial charge < -0.3 is 14.8 Å². The zero-order valence-corrected chi connectivity index (χ0v) is 15.8. The topological polar surface area (TPSA) is 30.5 Å². The maximum absolute atomic E-state index is 5.93. The van der Waals surface area contributed by atoms with Crippen LogP contribution in [0.1, 0.15) is 45.1 Å². The molecule has 1 unspecified atom stereocenters. The van der Waals surface area contributed by atoms with E-state index in [4.69, 9.17) is 9.47 Å². The summed E-state index contributed by atoms with van der Waals surface area (Å²) in [6.07, 6.45) is 4.97. The fourth-order valence-corrected chi connectivity index (χ4v) is 2.57. The molecule has 3 nitrogen and oxygen atoms in total. The van der Waals surface area contributed by atoms with Crippen LogP contribution in [0.3, 0.4) is 0 Å². The Morgan fingerprint density at radius 3 is 2.52 bits per heavy atom. The second-order valence-electron chi connectivity index (χ2n) is 6.56. The molecule has 2 aromatic rings. The number of hydrogen-bond donors (Lipinski definition) is 1. The van der Waals surface area contributed by atoms with Crippen LogP contribution in [-0.2, 0) is 0 Å². The summed E-state index contributed by atoms with van der Waals surface area (Å²) in [6.45, 7) is 7.90. The number of nitrogens with one attached hydrogen (secondary N) is 1. The highest BCUT2D eigenvalue weighted by molar-refractivity contribution is 5.48. The minimum Gasteiger partial charge on any atom is -0.494 e. The van der Waals surface area contributed by atoms with Gasteiger partial charge in [0.05, 0.1) is 13.2 Å². The zero-order valence-electron chi connectivity index (χ0n) is 15.8. The highest BCUT2D eigenvalue weighted by Crippen LogP contribution is 2.18. The smallest absolute Gasteiger partial charge is 0.121 e. The molecule has 136 valence electrons. The van der Waals surface area contributed by atoms with Crippen LogP contribution >= 0.6 is 0 Å². The van der Waals surface area contributed by atoms with E-state index in [1.807, 2.05) is 24.3 Å². The third kappa shape index (κ3) is 7.51. The first-order chi connectivity index (χ1) is 12.2. The van der Waals surface area contributed by atoms with Crippen LogP contribution in [0.15, 0.2) is 48.5 Å². The van der Waals surface area contributed by atoms with Crippen molar-refractivity contribution in [2.24, 2.45) is 0 Å². The van der Waals surface area contributed by atoms with Crippen molar-refractivity contribution < 1.29 is 9.47 Å². The first-order valence-corrected chi connectivity index (χ1v) is 9.37. The van der Waals surface area contributed by atoms with E-state index in [2.05, 4.69) is 50.4 Å². The second-order valence-corrected chi connectivity index (χ2v) is 6.56. The van der Waals surface area contributed by atoms with E-state index in [-0.39, 0.29) is 6.10 Å². The van der Waals surface area contributed by atoms with Crippen LogP contribution in [0.25, 0.3) is 0 Å². The molecular formula is C22H31NO2. The Morgan fingerprint density at radius 2 is 1.76 bits per heavy atom. The third-order valence-electron chi connectivity index (χ3n) is 4.05. The van der Waals surface area contributed by atoms with E-state index in [1.165, 1.54) is 24.8 Å². The van der Waals surface area contributed by atoms with Crippen molar-refractivity contribution in [2.45, 2.75) is 52.6 Å². The molecule has 0 aliphatic heterocycles. The van der Waals surface area contributed by atoms with Crippen molar-refractivity contribution >= 4 is 5.69 Å². The number of anilines is 1. The summed E-state index contributed by atoms with van der Waals surface area (Å²) in [6, 6.07) is 16.3. The number of ether oxygens (including phenoxy) is 2. The minimum absolute atomic E-state index is 0.0846. The fraction of sp³-hybridized carbons (Fsp3) is 0.455. The first kappa shape index (κ1) is 19.2. The Balaban J connectivity index is 1.74. The summed E-state index contributed by atoms with van der Waals surface area (Å²) in [4.78, 5) is 0. The van der Waals surface area contributed by atoms with Crippen molar-refractivity contribution in [2.75, 3.05) is 18.5 Å². The van der Waals surface area contributed by atoms with Gasteiger partial charge in [-0.25, -0.2) is 0 Å². The third-order valence-corrected chi connectivity index (χ3v) is 4.05. The lowest BCUT2D eigenvalue weighted by atomic mass is 10.2.